The third kappa shape index (κ3) is 2.96. The smallest absolute Gasteiger partial charge is 0.217 e. The minimum Gasteiger partial charge on any atom is -0.371 e. The molecule has 110 valence electrons. The third-order valence-corrected chi connectivity index (χ3v) is 4.03. The Morgan fingerprint density at radius 2 is 2.29 bits per heavy atom. The summed E-state index contributed by atoms with van der Waals surface area (Å²) >= 11 is 0. The molecule has 21 heavy (non-hydrogen) atoms. The number of anilines is 1. The fraction of sp³-hybridized carbons (Fsp3) is 0.375. The number of rotatable bonds is 3. The molecule has 1 unspecified atom stereocenters. The molecule has 2 heterocycles. The maximum Gasteiger partial charge on any atom is 0.217 e. The molecule has 1 amide bonds. The van der Waals surface area contributed by atoms with Gasteiger partial charge in [0.05, 0.1) is 5.52 Å². The van der Waals surface area contributed by atoms with Gasteiger partial charge in [-0.25, -0.2) is 4.39 Å². The molecule has 2 N–H and O–H groups in total. The monoisotopic (exact) mass is 287 g/mol. The number of fused-ring (bicyclic) bond motifs is 1. The SMILES string of the molecule is NC(=O)CC1CCCN(c2ccnc3cc(F)ccc23)C1. The number of carbonyl (C=O) groups excluding carboxylic acids is 1. The van der Waals surface area contributed by atoms with E-state index in [-0.39, 0.29) is 11.7 Å². The van der Waals surface area contributed by atoms with Crippen molar-refractivity contribution in [1.82, 2.24) is 4.98 Å². The summed E-state index contributed by atoms with van der Waals surface area (Å²) in [6.45, 7) is 1.74. The standard InChI is InChI=1S/C16H18FN3O/c17-12-3-4-13-14(9-12)19-6-5-15(13)20-7-1-2-11(10-20)8-16(18)21/h3-6,9,11H,1-2,7-8,10H2,(H2,18,21). The van der Waals surface area contributed by atoms with Gasteiger partial charge in [-0.2, -0.15) is 0 Å². The van der Waals surface area contributed by atoms with Gasteiger partial charge < -0.3 is 10.6 Å². The van der Waals surface area contributed by atoms with Crippen molar-refractivity contribution in [2.24, 2.45) is 11.7 Å². The first kappa shape index (κ1) is 13.8. The van der Waals surface area contributed by atoms with Crippen LogP contribution in [0.4, 0.5) is 10.1 Å². The molecule has 1 aromatic carbocycles. The van der Waals surface area contributed by atoms with Gasteiger partial charge in [-0.05, 0) is 37.0 Å². The van der Waals surface area contributed by atoms with Gasteiger partial charge in [0.25, 0.3) is 0 Å². The van der Waals surface area contributed by atoms with E-state index >= 15 is 0 Å². The second-order valence-electron chi connectivity index (χ2n) is 5.62. The van der Waals surface area contributed by atoms with Crippen molar-refractivity contribution in [1.29, 1.82) is 0 Å². The van der Waals surface area contributed by atoms with Crippen LogP contribution in [0.3, 0.4) is 0 Å². The largest absolute Gasteiger partial charge is 0.371 e. The molecule has 4 nitrogen and oxygen atoms in total. The van der Waals surface area contributed by atoms with E-state index in [9.17, 15) is 9.18 Å². The summed E-state index contributed by atoms with van der Waals surface area (Å²) in [5.41, 5.74) is 7.01. The number of halogens is 1. The number of carbonyl (C=O) groups is 1. The number of hydrogen-bond donors (Lipinski definition) is 1. The summed E-state index contributed by atoms with van der Waals surface area (Å²) in [6.07, 6.45) is 4.18. The fourth-order valence-corrected chi connectivity index (χ4v) is 3.12. The van der Waals surface area contributed by atoms with Gasteiger partial charge >= 0.3 is 0 Å². The van der Waals surface area contributed by atoms with Crippen LogP contribution >= 0.6 is 0 Å². The lowest BCUT2D eigenvalue weighted by molar-refractivity contribution is -0.118. The van der Waals surface area contributed by atoms with E-state index < -0.39 is 0 Å². The van der Waals surface area contributed by atoms with Crippen LogP contribution < -0.4 is 10.6 Å². The maximum absolute atomic E-state index is 13.3. The molecule has 1 aromatic heterocycles. The Morgan fingerprint density at radius 1 is 1.43 bits per heavy atom. The number of aromatic nitrogens is 1. The van der Waals surface area contributed by atoms with Gasteiger partial charge in [0.2, 0.25) is 5.91 Å². The molecule has 0 spiro atoms. The van der Waals surface area contributed by atoms with Crippen molar-refractivity contribution < 1.29 is 9.18 Å². The van der Waals surface area contributed by atoms with Crippen molar-refractivity contribution in [3.05, 3.63) is 36.3 Å². The zero-order chi connectivity index (χ0) is 14.8. The molecule has 0 saturated carbocycles. The highest BCUT2D eigenvalue weighted by Crippen LogP contribution is 2.30. The van der Waals surface area contributed by atoms with E-state index in [2.05, 4.69) is 9.88 Å². The lowest BCUT2D eigenvalue weighted by Gasteiger charge is -2.34. The zero-order valence-corrected chi connectivity index (χ0v) is 11.8. The van der Waals surface area contributed by atoms with Crippen LogP contribution in [0.25, 0.3) is 10.9 Å². The number of amides is 1. The van der Waals surface area contributed by atoms with Gasteiger partial charge in [-0.15, -0.1) is 0 Å². The highest BCUT2D eigenvalue weighted by atomic mass is 19.1. The van der Waals surface area contributed by atoms with Gasteiger partial charge in [0.1, 0.15) is 5.82 Å². The van der Waals surface area contributed by atoms with Crippen molar-refractivity contribution in [3.8, 4) is 0 Å². The molecular weight excluding hydrogens is 269 g/mol. The molecule has 1 aliphatic rings. The van der Waals surface area contributed by atoms with Crippen LogP contribution in [-0.4, -0.2) is 24.0 Å². The first-order chi connectivity index (χ1) is 10.1. The molecule has 2 aromatic rings. The van der Waals surface area contributed by atoms with E-state index in [1.165, 1.54) is 12.1 Å². The average Bonchev–Trinajstić information content (AvgIpc) is 2.46. The molecule has 5 heteroatoms. The Balaban J connectivity index is 1.91. The second kappa shape index (κ2) is 5.68. The summed E-state index contributed by atoms with van der Waals surface area (Å²) in [7, 11) is 0. The average molecular weight is 287 g/mol. The van der Waals surface area contributed by atoms with E-state index in [1.54, 1.807) is 12.3 Å². The number of benzene rings is 1. The van der Waals surface area contributed by atoms with Crippen LogP contribution in [0, 0.1) is 11.7 Å². The number of primary amides is 1. The van der Waals surface area contributed by atoms with Gasteiger partial charge in [-0.1, -0.05) is 0 Å². The summed E-state index contributed by atoms with van der Waals surface area (Å²) in [5, 5.41) is 0.943. The number of piperidine rings is 1. The third-order valence-electron chi connectivity index (χ3n) is 4.03. The molecular formula is C16H18FN3O. The Kier molecular flexibility index (Phi) is 3.73. The molecule has 0 bridgehead atoms. The van der Waals surface area contributed by atoms with Gasteiger partial charge in [-0.3, -0.25) is 9.78 Å². The summed E-state index contributed by atoms with van der Waals surface area (Å²) < 4.78 is 13.3. The highest BCUT2D eigenvalue weighted by molar-refractivity contribution is 5.91. The Bertz CT molecular complexity index is 674. The zero-order valence-electron chi connectivity index (χ0n) is 11.8. The Morgan fingerprint density at radius 3 is 3.10 bits per heavy atom. The van der Waals surface area contributed by atoms with Crippen LogP contribution in [0.15, 0.2) is 30.5 Å². The number of nitrogens with zero attached hydrogens (tertiary/aromatic N) is 2. The van der Waals surface area contributed by atoms with Crippen LogP contribution in [-0.2, 0) is 4.79 Å². The molecule has 0 radical (unpaired) electrons. The van der Waals surface area contributed by atoms with E-state index in [4.69, 9.17) is 5.73 Å². The van der Waals surface area contributed by atoms with Crippen LogP contribution in [0.2, 0.25) is 0 Å². The molecule has 1 fully saturated rings. The van der Waals surface area contributed by atoms with Crippen molar-refractivity contribution in [2.45, 2.75) is 19.3 Å². The number of hydrogen-bond acceptors (Lipinski definition) is 3. The Labute approximate surface area is 122 Å². The first-order valence-corrected chi connectivity index (χ1v) is 7.21. The minimum atomic E-state index is -0.280. The second-order valence-corrected chi connectivity index (χ2v) is 5.62. The van der Waals surface area contributed by atoms with E-state index in [1.807, 2.05) is 6.07 Å². The minimum absolute atomic E-state index is 0.247. The summed E-state index contributed by atoms with van der Waals surface area (Å²) in [4.78, 5) is 17.6. The molecule has 3 rings (SSSR count). The predicted molar refractivity (Wildman–Crippen MR) is 80.4 cm³/mol. The highest BCUT2D eigenvalue weighted by Gasteiger charge is 2.22. The van der Waals surface area contributed by atoms with Crippen molar-refractivity contribution in [2.75, 3.05) is 18.0 Å². The topological polar surface area (TPSA) is 59.2 Å². The predicted octanol–water partition coefficient (Wildman–Crippen LogP) is 2.47. The normalized spacial score (nSPS) is 18.9. The fourth-order valence-electron chi connectivity index (χ4n) is 3.12. The lowest BCUT2D eigenvalue weighted by Crippen LogP contribution is -2.37. The molecule has 1 saturated heterocycles. The van der Waals surface area contributed by atoms with Crippen molar-refractivity contribution >= 4 is 22.5 Å². The first-order valence-electron chi connectivity index (χ1n) is 7.21. The molecule has 1 aliphatic heterocycles. The number of nitrogens with two attached hydrogens (primary N) is 1. The number of pyridine rings is 1. The molecule has 0 aliphatic carbocycles. The molecule has 1 atom stereocenters. The maximum atomic E-state index is 13.3. The van der Waals surface area contributed by atoms with Crippen LogP contribution in [0.5, 0.6) is 0 Å². The summed E-state index contributed by atoms with van der Waals surface area (Å²) in [6, 6.07) is 6.62. The van der Waals surface area contributed by atoms with Crippen molar-refractivity contribution in [3.63, 3.8) is 0 Å². The Hall–Kier alpha value is -2.17. The van der Waals surface area contributed by atoms with E-state index in [0.717, 1.165) is 37.0 Å². The quantitative estimate of drug-likeness (QED) is 0.943. The van der Waals surface area contributed by atoms with E-state index in [0.29, 0.717) is 17.9 Å². The summed E-state index contributed by atoms with van der Waals surface area (Å²) in [5.74, 6) is -0.235. The van der Waals surface area contributed by atoms with Gasteiger partial charge in [0.15, 0.2) is 0 Å². The van der Waals surface area contributed by atoms with Crippen LogP contribution in [0.1, 0.15) is 19.3 Å². The lowest BCUT2D eigenvalue weighted by atomic mass is 9.94. The van der Waals surface area contributed by atoms with Gasteiger partial charge in [0, 0.05) is 42.8 Å².